The van der Waals surface area contributed by atoms with E-state index in [1.165, 1.54) is 0 Å². The molecule has 0 spiro atoms. The van der Waals surface area contributed by atoms with Gasteiger partial charge in [-0.05, 0) is 43.0 Å². The van der Waals surface area contributed by atoms with Gasteiger partial charge in [0.2, 0.25) is 0 Å². The van der Waals surface area contributed by atoms with Gasteiger partial charge in [0.05, 0.1) is 5.02 Å². The van der Waals surface area contributed by atoms with E-state index >= 15 is 0 Å². The van der Waals surface area contributed by atoms with Gasteiger partial charge in [-0.15, -0.1) is 0 Å². The van der Waals surface area contributed by atoms with Crippen LogP contribution < -0.4 is 5.73 Å². The fraction of sp³-hybridized carbons (Fsp3) is 0.250. The van der Waals surface area contributed by atoms with Gasteiger partial charge in [-0.3, -0.25) is 0 Å². The van der Waals surface area contributed by atoms with Gasteiger partial charge < -0.3 is 5.73 Å². The number of nitrogens with two attached hydrogens (primary N) is 1. The van der Waals surface area contributed by atoms with Gasteiger partial charge in [0.25, 0.3) is 0 Å². The molecular formula is C16H17ClFN. The van der Waals surface area contributed by atoms with Gasteiger partial charge >= 0.3 is 0 Å². The molecule has 1 unspecified atom stereocenters. The smallest absolute Gasteiger partial charge is 0.145 e. The molecule has 0 saturated heterocycles. The first kappa shape index (κ1) is 14.0. The van der Waals surface area contributed by atoms with Crippen LogP contribution in [0.1, 0.15) is 23.6 Å². The van der Waals surface area contributed by atoms with Crippen molar-refractivity contribution in [2.24, 2.45) is 5.73 Å². The molecule has 0 aromatic heterocycles. The number of benzene rings is 2. The molecule has 3 heteroatoms. The molecule has 0 aliphatic carbocycles. The van der Waals surface area contributed by atoms with Crippen molar-refractivity contribution in [1.29, 1.82) is 0 Å². The van der Waals surface area contributed by atoms with E-state index in [1.807, 2.05) is 38.1 Å². The normalized spacial score (nSPS) is 14.2. The molecular weight excluding hydrogens is 261 g/mol. The van der Waals surface area contributed by atoms with E-state index in [0.717, 1.165) is 11.1 Å². The summed E-state index contributed by atoms with van der Waals surface area (Å²) in [5, 5.41) is 0.137. The van der Waals surface area contributed by atoms with Crippen molar-refractivity contribution in [2.75, 3.05) is 0 Å². The Morgan fingerprint density at radius 3 is 2.53 bits per heavy atom. The third-order valence-corrected chi connectivity index (χ3v) is 3.64. The van der Waals surface area contributed by atoms with Crippen LogP contribution in [-0.4, -0.2) is 0 Å². The Morgan fingerprint density at radius 1 is 1.16 bits per heavy atom. The Kier molecular flexibility index (Phi) is 3.93. The number of hydrogen-bond donors (Lipinski definition) is 1. The van der Waals surface area contributed by atoms with Crippen molar-refractivity contribution < 1.29 is 4.39 Å². The van der Waals surface area contributed by atoms with Crippen molar-refractivity contribution >= 4 is 11.6 Å². The van der Waals surface area contributed by atoms with Crippen LogP contribution in [0.2, 0.25) is 5.02 Å². The summed E-state index contributed by atoms with van der Waals surface area (Å²) in [7, 11) is 0. The average molecular weight is 278 g/mol. The van der Waals surface area contributed by atoms with Gasteiger partial charge in [0.1, 0.15) is 5.82 Å². The van der Waals surface area contributed by atoms with Crippen molar-refractivity contribution in [3.05, 3.63) is 70.0 Å². The molecule has 0 fully saturated rings. The zero-order valence-electron chi connectivity index (χ0n) is 11.1. The number of hydrogen-bond acceptors (Lipinski definition) is 1. The standard InChI is InChI=1S/C16H17ClFN/c1-11-6-3-4-8-13(11)16(2,19)10-12-7-5-9-14(17)15(12)18/h3-9H,10,19H2,1-2H3. The predicted molar refractivity (Wildman–Crippen MR) is 77.8 cm³/mol. The van der Waals surface area contributed by atoms with Crippen LogP contribution in [0, 0.1) is 12.7 Å². The van der Waals surface area contributed by atoms with Crippen LogP contribution >= 0.6 is 11.6 Å². The summed E-state index contributed by atoms with van der Waals surface area (Å²) in [6.07, 6.45) is 0.407. The molecule has 1 atom stereocenters. The van der Waals surface area contributed by atoms with Crippen molar-refractivity contribution in [3.63, 3.8) is 0 Å². The van der Waals surface area contributed by atoms with Gasteiger partial charge in [0, 0.05) is 5.54 Å². The van der Waals surface area contributed by atoms with Crippen LogP contribution in [0.4, 0.5) is 4.39 Å². The fourth-order valence-corrected chi connectivity index (χ4v) is 2.58. The van der Waals surface area contributed by atoms with Gasteiger partial charge in [0.15, 0.2) is 0 Å². The van der Waals surface area contributed by atoms with Crippen molar-refractivity contribution in [2.45, 2.75) is 25.8 Å². The second kappa shape index (κ2) is 5.32. The number of aryl methyl sites for hydroxylation is 1. The van der Waals surface area contributed by atoms with E-state index < -0.39 is 5.54 Å². The Hall–Kier alpha value is -1.38. The van der Waals surface area contributed by atoms with Crippen LogP contribution in [0.15, 0.2) is 42.5 Å². The van der Waals surface area contributed by atoms with E-state index in [2.05, 4.69) is 0 Å². The molecule has 2 aromatic rings. The molecule has 2 rings (SSSR count). The minimum Gasteiger partial charge on any atom is -0.321 e. The molecule has 0 saturated carbocycles. The van der Waals surface area contributed by atoms with E-state index in [9.17, 15) is 4.39 Å². The summed E-state index contributed by atoms with van der Waals surface area (Å²) in [5.41, 5.74) is 8.42. The largest absolute Gasteiger partial charge is 0.321 e. The molecule has 19 heavy (non-hydrogen) atoms. The van der Waals surface area contributed by atoms with E-state index in [4.69, 9.17) is 17.3 Å². The van der Waals surface area contributed by atoms with Gasteiger partial charge in [-0.25, -0.2) is 4.39 Å². The zero-order chi connectivity index (χ0) is 14.0. The molecule has 0 heterocycles. The third-order valence-electron chi connectivity index (χ3n) is 3.35. The summed E-state index contributed by atoms with van der Waals surface area (Å²) in [4.78, 5) is 0. The lowest BCUT2D eigenvalue weighted by molar-refractivity contribution is 0.473. The number of rotatable bonds is 3. The lowest BCUT2D eigenvalue weighted by Gasteiger charge is -2.27. The first-order chi connectivity index (χ1) is 8.92. The minimum absolute atomic E-state index is 0.137. The van der Waals surface area contributed by atoms with Crippen LogP contribution in [0.25, 0.3) is 0 Å². The topological polar surface area (TPSA) is 26.0 Å². The third kappa shape index (κ3) is 2.96. The minimum atomic E-state index is -0.628. The summed E-state index contributed by atoms with van der Waals surface area (Å²) >= 11 is 5.80. The van der Waals surface area contributed by atoms with Crippen LogP contribution in [0.5, 0.6) is 0 Å². The van der Waals surface area contributed by atoms with E-state index in [-0.39, 0.29) is 10.8 Å². The highest BCUT2D eigenvalue weighted by molar-refractivity contribution is 6.30. The summed E-state index contributed by atoms with van der Waals surface area (Å²) in [6.45, 7) is 3.92. The van der Waals surface area contributed by atoms with Gasteiger partial charge in [-0.1, -0.05) is 48.0 Å². The highest BCUT2D eigenvalue weighted by atomic mass is 35.5. The van der Waals surface area contributed by atoms with Crippen LogP contribution in [-0.2, 0) is 12.0 Å². The lowest BCUT2D eigenvalue weighted by Crippen LogP contribution is -2.36. The molecule has 2 aromatic carbocycles. The highest BCUT2D eigenvalue weighted by Crippen LogP contribution is 2.28. The molecule has 100 valence electrons. The average Bonchev–Trinajstić information content (AvgIpc) is 2.35. The molecule has 0 aliphatic heterocycles. The predicted octanol–water partition coefficient (Wildman–Crippen LogP) is 4.20. The molecule has 0 aliphatic rings. The fourth-order valence-electron chi connectivity index (χ4n) is 2.39. The SMILES string of the molecule is Cc1ccccc1C(C)(N)Cc1cccc(Cl)c1F. The quantitative estimate of drug-likeness (QED) is 0.894. The highest BCUT2D eigenvalue weighted by Gasteiger charge is 2.25. The second-order valence-electron chi connectivity index (χ2n) is 5.12. The molecule has 2 N–H and O–H groups in total. The van der Waals surface area contributed by atoms with E-state index in [1.54, 1.807) is 18.2 Å². The summed E-state index contributed by atoms with van der Waals surface area (Å²) < 4.78 is 14.0. The summed E-state index contributed by atoms with van der Waals surface area (Å²) in [6, 6.07) is 12.9. The molecule has 0 amide bonds. The number of halogens is 2. The molecule has 1 nitrogen and oxygen atoms in total. The van der Waals surface area contributed by atoms with Gasteiger partial charge in [-0.2, -0.15) is 0 Å². The Labute approximate surface area is 118 Å². The second-order valence-corrected chi connectivity index (χ2v) is 5.53. The lowest BCUT2D eigenvalue weighted by atomic mass is 9.84. The molecule has 0 bridgehead atoms. The maximum absolute atomic E-state index is 14.0. The van der Waals surface area contributed by atoms with Crippen molar-refractivity contribution in [1.82, 2.24) is 0 Å². The monoisotopic (exact) mass is 277 g/mol. The Balaban J connectivity index is 2.36. The van der Waals surface area contributed by atoms with E-state index in [0.29, 0.717) is 12.0 Å². The molecule has 0 radical (unpaired) electrons. The van der Waals surface area contributed by atoms with Crippen LogP contribution in [0.3, 0.4) is 0 Å². The maximum atomic E-state index is 14.0. The Morgan fingerprint density at radius 2 is 1.84 bits per heavy atom. The first-order valence-electron chi connectivity index (χ1n) is 6.20. The summed E-state index contributed by atoms with van der Waals surface area (Å²) in [5.74, 6) is -0.380. The van der Waals surface area contributed by atoms with Crippen molar-refractivity contribution in [3.8, 4) is 0 Å². The maximum Gasteiger partial charge on any atom is 0.145 e. The Bertz CT molecular complexity index is 593. The zero-order valence-corrected chi connectivity index (χ0v) is 11.8. The first-order valence-corrected chi connectivity index (χ1v) is 6.57.